The number of nitrogens with one attached hydrogen (secondary N) is 1. The number of ether oxygens (including phenoxy) is 2. The van der Waals surface area contributed by atoms with Crippen molar-refractivity contribution in [3.8, 4) is 11.5 Å². The lowest BCUT2D eigenvalue weighted by Gasteiger charge is -2.26. The number of phenolic OH excluding ortho intramolecular Hbond substituents is 1. The first-order valence-electron chi connectivity index (χ1n) is 7.50. The van der Waals surface area contributed by atoms with Gasteiger partial charge in [0.15, 0.2) is 11.5 Å². The van der Waals surface area contributed by atoms with Crippen LogP contribution in [0.15, 0.2) is 42.5 Å². The molecule has 1 aliphatic rings. The standard InChI is InChI=1S/C18H19NO4/c1-22-17-8-14-13(7-18(21)19-15(14)9-16(17)20)11-23-10-12-5-3-2-4-6-12/h2-6,8-9,13,20H,7,10-11H2,1H3,(H,19,21)/t13-/m1/s1. The fraction of sp³-hybridized carbons (Fsp3) is 0.278. The first-order chi connectivity index (χ1) is 11.2. The van der Waals surface area contributed by atoms with Crippen LogP contribution in [0.5, 0.6) is 11.5 Å². The molecule has 5 nitrogen and oxygen atoms in total. The Balaban J connectivity index is 1.74. The summed E-state index contributed by atoms with van der Waals surface area (Å²) < 4.78 is 10.9. The molecule has 0 bridgehead atoms. The van der Waals surface area contributed by atoms with E-state index in [1.165, 1.54) is 13.2 Å². The third-order valence-electron chi connectivity index (χ3n) is 3.93. The molecule has 2 aromatic carbocycles. The minimum atomic E-state index is -0.0737. The summed E-state index contributed by atoms with van der Waals surface area (Å²) in [6.45, 7) is 0.937. The van der Waals surface area contributed by atoms with Gasteiger partial charge in [-0.3, -0.25) is 4.79 Å². The smallest absolute Gasteiger partial charge is 0.225 e. The molecule has 120 valence electrons. The third-order valence-corrected chi connectivity index (χ3v) is 3.93. The van der Waals surface area contributed by atoms with E-state index in [0.717, 1.165) is 11.1 Å². The lowest BCUT2D eigenvalue weighted by Crippen LogP contribution is -2.25. The number of anilines is 1. The van der Waals surface area contributed by atoms with Gasteiger partial charge in [0, 0.05) is 24.1 Å². The van der Waals surface area contributed by atoms with Crippen LogP contribution in [0.3, 0.4) is 0 Å². The second-order valence-corrected chi connectivity index (χ2v) is 5.56. The molecule has 0 radical (unpaired) electrons. The van der Waals surface area contributed by atoms with Gasteiger partial charge < -0.3 is 19.9 Å². The topological polar surface area (TPSA) is 67.8 Å². The number of phenols is 1. The molecule has 0 unspecified atom stereocenters. The molecule has 0 fully saturated rings. The van der Waals surface area contributed by atoms with Crippen molar-refractivity contribution in [2.45, 2.75) is 18.9 Å². The van der Waals surface area contributed by atoms with Gasteiger partial charge in [0.25, 0.3) is 0 Å². The van der Waals surface area contributed by atoms with Gasteiger partial charge in [-0.25, -0.2) is 0 Å². The predicted octanol–water partition coefficient (Wildman–Crippen LogP) is 3.04. The summed E-state index contributed by atoms with van der Waals surface area (Å²) in [6, 6.07) is 13.2. The van der Waals surface area contributed by atoms with Crippen molar-refractivity contribution in [2.75, 3.05) is 19.0 Å². The van der Waals surface area contributed by atoms with E-state index in [1.807, 2.05) is 30.3 Å². The average Bonchev–Trinajstić information content (AvgIpc) is 2.55. The second kappa shape index (κ2) is 6.71. The molecule has 0 aromatic heterocycles. The van der Waals surface area contributed by atoms with Crippen molar-refractivity contribution < 1.29 is 19.4 Å². The maximum Gasteiger partial charge on any atom is 0.225 e. The van der Waals surface area contributed by atoms with Crippen LogP contribution in [0.2, 0.25) is 0 Å². The van der Waals surface area contributed by atoms with E-state index in [2.05, 4.69) is 5.32 Å². The largest absolute Gasteiger partial charge is 0.504 e. The summed E-state index contributed by atoms with van der Waals surface area (Å²) in [5.74, 6) is 0.276. The second-order valence-electron chi connectivity index (χ2n) is 5.56. The van der Waals surface area contributed by atoms with Gasteiger partial charge in [-0.15, -0.1) is 0 Å². The van der Waals surface area contributed by atoms with Crippen LogP contribution in [0, 0.1) is 0 Å². The molecule has 0 saturated heterocycles. The van der Waals surface area contributed by atoms with Gasteiger partial charge in [-0.1, -0.05) is 30.3 Å². The zero-order valence-corrected chi connectivity index (χ0v) is 12.9. The summed E-state index contributed by atoms with van der Waals surface area (Å²) in [4.78, 5) is 11.9. The van der Waals surface area contributed by atoms with Crippen molar-refractivity contribution in [1.82, 2.24) is 0 Å². The first-order valence-corrected chi connectivity index (χ1v) is 7.50. The monoisotopic (exact) mass is 313 g/mol. The third kappa shape index (κ3) is 3.46. The number of hydrogen-bond acceptors (Lipinski definition) is 4. The molecular weight excluding hydrogens is 294 g/mol. The van der Waals surface area contributed by atoms with Crippen molar-refractivity contribution >= 4 is 11.6 Å². The van der Waals surface area contributed by atoms with E-state index in [4.69, 9.17) is 9.47 Å². The number of rotatable bonds is 5. The van der Waals surface area contributed by atoms with E-state index in [0.29, 0.717) is 31.1 Å². The normalized spacial score (nSPS) is 16.6. The number of fused-ring (bicyclic) bond motifs is 1. The average molecular weight is 313 g/mol. The Kier molecular flexibility index (Phi) is 4.48. The van der Waals surface area contributed by atoms with Crippen LogP contribution in [0.4, 0.5) is 5.69 Å². The molecule has 3 rings (SSSR count). The zero-order valence-electron chi connectivity index (χ0n) is 12.9. The summed E-state index contributed by atoms with van der Waals surface area (Å²) in [7, 11) is 1.50. The molecule has 0 saturated carbocycles. The summed E-state index contributed by atoms with van der Waals surface area (Å²) in [5.41, 5.74) is 2.64. The fourth-order valence-corrected chi connectivity index (χ4v) is 2.77. The highest BCUT2D eigenvalue weighted by Gasteiger charge is 2.27. The van der Waals surface area contributed by atoms with Gasteiger partial charge in [-0.05, 0) is 17.2 Å². The minimum absolute atomic E-state index is 0.0115. The Morgan fingerprint density at radius 3 is 2.78 bits per heavy atom. The van der Waals surface area contributed by atoms with Crippen molar-refractivity contribution in [3.05, 3.63) is 53.6 Å². The van der Waals surface area contributed by atoms with E-state index < -0.39 is 0 Å². The maximum atomic E-state index is 11.9. The molecule has 1 aliphatic heterocycles. The molecule has 1 amide bonds. The van der Waals surface area contributed by atoms with E-state index in [1.54, 1.807) is 6.07 Å². The molecule has 0 aliphatic carbocycles. The molecule has 0 spiro atoms. The first kappa shape index (κ1) is 15.4. The maximum absolute atomic E-state index is 11.9. The molecule has 2 aromatic rings. The molecule has 2 N–H and O–H groups in total. The number of benzene rings is 2. The number of carbonyl (C=O) groups excluding carboxylic acids is 1. The minimum Gasteiger partial charge on any atom is -0.504 e. The van der Waals surface area contributed by atoms with Crippen molar-refractivity contribution in [1.29, 1.82) is 0 Å². The van der Waals surface area contributed by atoms with Crippen molar-refractivity contribution in [3.63, 3.8) is 0 Å². The summed E-state index contributed by atoms with van der Waals surface area (Å²) in [6.07, 6.45) is 0.357. The van der Waals surface area contributed by atoms with Crippen LogP contribution in [0.1, 0.15) is 23.5 Å². The fourth-order valence-electron chi connectivity index (χ4n) is 2.77. The quantitative estimate of drug-likeness (QED) is 0.890. The Morgan fingerprint density at radius 1 is 1.26 bits per heavy atom. The number of aromatic hydroxyl groups is 1. The Labute approximate surface area is 134 Å². The molecular formula is C18H19NO4. The van der Waals surface area contributed by atoms with Crippen LogP contribution in [0.25, 0.3) is 0 Å². The lowest BCUT2D eigenvalue weighted by atomic mass is 9.91. The lowest BCUT2D eigenvalue weighted by molar-refractivity contribution is -0.117. The van der Waals surface area contributed by atoms with E-state index in [9.17, 15) is 9.90 Å². The van der Waals surface area contributed by atoms with E-state index >= 15 is 0 Å². The molecule has 5 heteroatoms. The van der Waals surface area contributed by atoms with Crippen LogP contribution in [-0.4, -0.2) is 24.7 Å². The predicted molar refractivity (Wildman–Crippen MR) is 86.7 cm³/mol. The zero-order chi connectivity index (χ0) is 16.2. The molecule has 1 atom stereocenters. The summed E-state index contributed by atoms with van der Waals surface area (Å²) >= 11 is 0. The van der Waals surface area contributed by atoms with Gasteiger partial charge in [0.05, 0.1) is 20.3 Å². The van der Waals surface area contributed by atoms with Gasteiger partial charge in [0.1, 0.15) is 0 Å². The van der Waals surface area contributed by atoms with Gasteiger partial charge in [-0.2, -0.15) is 0 Å². The van der Waals surface area contributed by atoms with Crippen LogP contribution >= 0.6 is 0 Å². The Hall–Kier alpha value is -2.53. The highest BCUT2D eigenvalue weighted by Crippen LogP contribution is 2.40. The highest BCUT2D eigenvalue weighted by molar-refractivity contribution is 5.95. The SMILES string of the molecule is COc1cc2c(cc1O)NC(=O)C[C@@H]2COCc1ccccc1. The molecule has 23 heavy (non-hydrogen) atoms. The van der Waals surface area contributed by atoms with Gasteiger partial charge >= 0.3 is 0 Å². The van der Waals surface area contributed by atoms with Crippen molar-refractivity contribution in [2.24, 2.45) is 0 Å². The van der Waals surface area contributed by atoms with Gasteiger partial charge in [0.2, 0.25) is 5.91 Å². The Morgan fingerprint density at radius 2 is 2.04 bits per heavy atom. The van der Waals surface area contributed by atoms with E-state index in [-0.39, 0.29) is 17.6 Å². The van der Waals surface area contributed by atoms with Crippen LogP contribution in [-0.2, 0) is 16.1 Å². The Bertz CT molecular complexity index is 700. The summed E-state index contributed by atoms with van der Waals surface area (Å²) in [5, 5.41) is 12.6. The highest BCUT2D eigenvalue weighted by atomic mass is 16.5. The number of hydrogen-bond donors (Lipinski definition) is 2. The molecule has 1 heterocycles. The number of carbonyl (C=O) groups is 1. The van der Waals surface area contributed by atoms with Crippen LogP contribution < -0.4 is 10.1 Å². The number of methoxy groups -OCH3 is 1. The number of amides is 1.